The fourth-order valence-electron chi connectivity index (χ4n) is 0.981. The van der Waals surface area contributed by atoms with Crippen LogP contribution in [0.2, 0.25) is 0 Å². The average molecular weight is 197 g/mol. The lowest BCUT2D eigenvalue weighted by atomic mass is 10.3. The van der Waals surface area contributed by atoms with Crippen molar-refractivity contribution in [1.82, 2.24) is 0 Å². The maximum atomic E-state index is 11.6. The van der Waals surface area contributed by atoms with Gasteiger partial charge in [0, 0.05) is 16.7 Å². The topological polar surface area (TPSA) is 43.1 Å². The van der Waals surface area contributed by atoms with Crippen molar-refractivity contribution in [3.63, 3.8) is 0 Å². The van der Waals surface area contributed by atoms with E-state index in [0.29, 0.717) is 5.75 Å². The van der Waals surface area contributed by atoms with Gasteiger partial charge in [0.2, 0.25) is 0 Å². The van der Waals surface area contributed by atoms with Crippen LogP contribution in [0.1, 0.15) is 13.3 Å². The van der Waals surface area contributed by atoms with Gasteiger partial charge in [0.05, 0.1) is 10.8 Å². The van der Waals surface area contributed by atoms with Crippen molar-refractivity contribution in [2.45, 2.75) is 24.3 Å². The van der Waals surface area contributed by atoms with Crippen LogP contribution < -0.4 is 5.73 Å². The van der Waals surface area contributed by atoms with Gasteiger partial charge in [-0.3, -0.25) is 4.21 Å². The molecule has 2 nitrogen and oxygen atoms in total. The summed E-state index contributed by atoms with van der Waals surface area (Å²) in [6, 6.07) is 9.49. The van der Waals surface area contributed by atoms with Gasteiger partial charge >= 0.3 is 0 Å². The minimum atomic E-state index is -0.938. The van der Waals surface area contributed by atoms with E-state index in [1.165, 1.54) is 0 Å². The number of hydrogen-bond acceptors (Lipinski definition) is 2. The number of hydrogen-bond donors (Lipinski definition) is 1. The summed E-state index contributed by atoms with van der Waals surface area (Å²) in [5, 5.41) is 0. The molecule has 0 aliphatic rings. The van der Waals surface area contributed by atoms with Crippen molar-refractivity contribution in [2.24, 2.45) is 5.73 Å². The van der Waals surface area contributed by atoms with Crippen LogP contribution >= 0.6 is 0 Å². The van der Waals surface area contributed by atoms with Crippen LogP contribution in [0.25, 0.3) is 0 Å². The predicted octanol–water partition coefficient (Wildman–Crippen LogP) is 1.53. The van der Waals surface area contributed by atoms with E-state index in [1.54, 1.807) is 0 Å². The summed E-state index contributed by atoms with van der Waals surface area (Å²) in [5.41, 5.74) is 5.72. The molecular formula is C10H15NOS. The van der Waals surface area contributed by atoms with Crippen LogP contribution in [0.5, 0.6) is 0 Å². The zero-order chi connectivity index (χ0) is 9.68. The highest BCUT2D eigenvalue weighted by atomic mass is 32.2. The first-order chi connectivity index (χ1) is 6.24. The lowest BCUT2D eigenvalue weighted by molar-refractivity contribution is 0.663. The molecule has 1 aromatic carbocycles. The standard InChI is InChI=1S/C10H15NOS/c1-2-9(11)8-13(12)10-6-4-3-5-7-10/h3-7,9H,2,8,11H2,1H3. The summed E-state index contributed by atoms with van der Waals surface area (Å²) in [4.78, 5) is 0.867. The van der Waals surface area contributed by atoms with Gasteiger partial charge in [0.1, 0.15) is 0 Å². The number of rotatable bonds is 4. The minimum Gasteiger partial charge on any atom is -0.327 e. The zero-order valence-corrected chi connectivity index (χ0v) is 8.59. The summed E-state index contributed by atoms with van der Waals surface area (Å²) >= 11 is 0. The molecular weight excluding hydrogens is 182 g/mol. The van der Waals surface area contributed by atoms with Gasteiger partial charge in [-0.1, -0.05) is 25.1 Å². The molecule has 0 bridgehead atoms. The molecule has 13 heavy (non-hydrogen) atoms. The van der Waals surface area contributed by atoms with E-state index in [-0.39, 0.29) is 6.04 Å². The largest absolute Gasteiger partial charge is 0.327 e. The molecule has 0 amide bonds. The molecule has 0 aliphatic carbocycles. The van der Waals surface area contributed by atoms with Crippen LogP contribution in [0, 0.1) is 0 Å². The minimum absolute atomic E-state index is 0.0426. The molecule has 0 heterocycles. The summed E-state index contributed by atoms with van der Waals surface area (Å²) < 4.78 is 11.6. The van der Waals surface area contributed by atoms with Crippen molar-refractivity contribution < 1.29 is 4.21 Å². The highest BCUT2D eigenvalue weighted by Gasteiger charge is 2.07. The Kier molecular flexibility index (Phi) is 4.12. The fraction of sp³-hybridized carbons (Fsp3) is 0.400. The van der Waals surface area contributed by atoms with Crippen molar-refractivity contribution >= 4 is 10.8 Å². The van der Waals surface area contributed by atoms with Crippen LogP contribution in [0.3, 0.4) is 0 Å². The third kappa shape index (κ3) is 3.28. The lowest BCUT2D eigenvalue weighted by Crippen LogP contribution is -2.25. The highest BCUT2D eigenvalue weighted by molar-refractivity contribution is 7.85. The average Bonchev–Trinajstić information content (AvgIpc) is 2.19. The van der Waals surface area contributed by atoms with Crippen molar-refractivity contribution in [2.75, 3.05) is 5.75 Å². The molecule has 0 aromatic heterocycles. The third-order valence-electron chi connectivity index (χ3n) is 1.90. The van der Waals surface area contributed by atoms with Gasteiger partial charge in [0.25, 0.3) is 0 Å². The summed E-state index contributed by atoms with van der Waals surface area (Å²) in [7, 11) is -0.938. The van der Waals surface area contributed by atoms with E-state index in [1.807, 2.05) is 37.3 Å². The second-order valence-corrected chi connectivity index (χ2v) is 4.49. The third-order valence-corrected chi connectivity index (χ3v) is 3.42. The Morgan fingerprint density at radius 3 is 2.54 bits per heavy atom. The normalized spacial score (nSPS) is 15.2. The Morgan fingerprint density at radius 1 is 1.38 bits per heavy atom. The fourth-order valence-corrected chi connectivity index (χ4v) is 2.26. The van der Waals surface area contributed by atoms with E-state index < -0.39 is 10.8 Å². The van der Waals surface area contributed by atoms with Crippen LogP contribution in [-0.4, -0.2) is 16.0 Å². The highest BCUT2D eigenvalue weighted by Crippen LogP contribution is 2.06. The Labute approximate surface area is 81.6 Å². The Balaban J connectivity index is 2.59. The monoisotopic (exact) mass is 197 g/mol. The smallest absolute Gasteiger partial charge is 0.0545 e. The van der Waals surface area contributed by atoms with Crippen LogP contribution in [0.15, 0.2) is 35.2 Å². The van der Waals surface area contributed by atoms with Crippen molar-refractivity contribution in [1.29, 1.82) is 0 Å². The first-order valence-electron chi connectivity index (χ1n) is 4.43. The van der Waals surface area contributed by atoms with E-state index in [9.17, 15) is 4.21 Å². The number of nitrogens with two attached hydrogens (primary N) is 1. The van der Waals surface area contributed by atoms with Gasteiger partial charge in [-0.2, -0.15) is 0 Å². The van der Waals surface area contributed by atoms with Gasteiger partial charge < -0.3 is 5.73 Å². The number of benzene rings is 1. The molecule has 0 aliphatic heterocycles. The molecule has 2 N–H and O–H groups in total. The molecule has 0 saturated heterocycles. The first-order valence-corrected chi connectivity index (χ1v) is 5.75. The summed E-state index contributed by atoms with van der Waals surface area (Å²) in [6.45, 7) is 2.01. The van der Waals surface area contributed by atoms with Gasteiger partial charge in [-0.25, -0.2) is 0 Å². The second kappa shape index (κ2) is 5.14. The molecule has 0 fully saturated rings. The van der Waals surface area contributed by atoms with Crippen molar-refractivity contribution in [3.05, 3.63) is 30.3 Å². The molecule has 0 saturated carbocycles. The quantitative estimate of drug-likeness (QED) is 0.795. The molecule has 3 heteroatoms. The zero-order valence-electron chi connectivity index (χ0n) is 7.77. The SMILES string of the molecule is CCC(N)CS(=O)c1ccccc1. The Bertz CT molecular complexity index is 274. The van der Waals surface area contributed by atoms with Crippen molar-refractivity contribution in [3.8, 4) is 0 Å². The Morgan fingerprint density at radius 2 is 2.00 bits per heavy atom. The second-order valence-electron chi connectivity index (χ2n) is 2.99. The van der Waals surface area contributed by atoms with E-state index in [2.05, 4.69) is 0 Å². The lowest BCUT2D eigenvalue weighted by Gasteiger charge is -2.07. The first kappa shape index (κ1) is 10.4. The van der Waals surface area contributed by atoms with Crippen LogP contribution in [-0.2, 0) is 10.8 Å². The van der Waals surface area contributed by atoms with Gasteiger partial charge in [0.15, 0.2) is 0 Å². The molecule has 0 radical (unpaired) electrons. The maximum Gasteiger partial charge on any atom is 0.0545 e. The Hall–Kier alpha value is -0.670. The van der Waals surface area contributed by atoms with Gasteiger partial charge in [-0.05, 0) is 18.6 Å². The predicted molar refractivity (Wildman–Crippen MR) is 56.0 cm³/mol. The van der Waals surface area contributed by atoms with E-state index in [4.69, 9.17) is 5.73 Å². The summed E-state index contributed by atoms with van der Waals surface area (Å²) in [5.74, 6) is 0.556. The van der Waals surface area contributed by atoms with E-state index in [0.717, 1.165) is 11.3 Å². The maximum absolute atomic E-state index is 11.6. The molecule has 2 atom stereocenters. The summed E-state index contributed by atoms with van der Waals surface area (Å²) in [6.07, 6.45) is 0.874. The molecule has 0 spiro atoms. The molecule has 1 aromatic rings. The molecule has 2 unspecified atom stereocenters. The van der Waals surface area contributed by atoms with Gasteiger partial charge in [-0.15, -0.1) is 0 Å². The molecule has 72 valence electrons. The van der Waals surface area contributed by atoms with E-state index >= 15 is 0 Å². The van der Waals surface area contributed by atoms with Crippen LogP contribution in [0.4, 0.5) is 0 Å². The molecule has 1 rings (SSSR count).